The number of hydrogen-bond acceptors (Lipinski definition) is 1. The van der Waals surface area contributed by atoms with E-state index in [2.05, 4.69) is 5.32 Å². The first-order valence-electron chi connectivity index (χ1n) is 3.59. The molecule has 1 aromatic carbocycles. The van der Waals surface area contributed by atoms with Gasteiger partial charge in [0.2, 0.25) is 0 Å². The Labute approximate surface area is 69.9 Å². The van der Waals surface area contributed by atoms with Crippen LogP contribution in [0.4, 0.5) is 5.69 Å². The zero-order valence-corrected chi connectivity index (χ0v) is 6.32. The van der Waals surface area contributed by atoms with Gasteiger partial charge in [-0.15, -0.1) is 0 Å². The van der Waals surface area contributed by atoms with Gasteiger partial charge in [-0.3, -0.25) is 10.1 Å². The van der Waals surface area contributed by atoms with Crippen molar-refractivity contribution in [2.45, 2.75) is 0 Å². The van der Waals surface area contributed by atoms with Gasteiger partial charge in [-0.1, -0.05) is 18.2 Å². The van der Waals surface area contributed by atoms with Gasteiger partial charge in [0.15, 0.2) is 0 Å². The number of nitrogens with zero attached hydrogens (tertiary/aromatic N) is 1. The van der Waals surface area contributed by atoms with E-state index in [0.29, 0.717) is 5.57 Å². The fraction of sp³-hybridized carbons (Fsp3) is 0. The third-order valence-electron chi connectivity index (χ3n) is 1.79. The largest absolute Gasteiger partial charge is 0.366 e. The Morgan fingerprint density at radius 3 is 2.83 bits per heavy atom. The van der Waals surface area contributed by atoms with E-state index in [4.69, 9.17) is 5.73 Å². The molecule has 2 N–H and O–H groups in total. The van der Waals surface area contributed by atoms with Gasteiger partial charge in [-0.2, -0.15) is 0 Å². The predicted octanol–water partition coefficient (Wildman–Crippen LogP) is 0.762. The highest BCUT2D eigenvalue weighted by Gasteiger charge is 2.17. The first kappa shape index (κ1) is 6.91. The molecule has 0 unspecified atom stereocenters. The van der Waals surface area contributed by atoms with E-state index in [0.717, 1.165) is 11.3 Å². The zero-order valence-electron chi connectivity index (χ0n) is 6.32. The highest BCUT2D eigenvalue weighted by atomic mass is 16.1. The van der Waals surface area contributed by atoms with Crippen LogP contribution in [0.2, 0.25) is 0 Å². The molecule has 1 aliphatic heterocycles. The Balaban J connectivity index is 2.52. The van der Waals surface area contributed by atoms with Gasteiger partial charge in [0, 0.05) is 11.8 Å². The van der Waals surface area contributed by atoms with E-state index in [9.17, 15) is 4.79 Å². The molecule has 0 aromatic heterocycles. The molecule has 0 bridgehead atoms. The van der Waals surface area contributed by atoms with Gasteiger partial charge in [0.25, 0.3) is 5.91 Å². The lowest BCUT2D eigenvalue weighted by Crippen LogP contribution is -2.11. The summed E-state index contributed by atoms with van der Waals surface area (Å²) in [6.07, 6.45) is 1.51. The van der Waals surface area contributed by atoms with Crippen molar-refractivity contribution in [1.82, 2.24) is 5.32 Å². The molecule has 59 valence electrons. The molecule has 0 saturated heterocycles. The van der Waals surface area contributed by atoms with E-state index >= 15 is 0 Å². The Morgan fingerprint density at radius 1 is 1.33 bits per heavy atom. The molecule has 1 amide bonds. The van der Waals surface area contributed by atoms with Crippen molar-refractivity contribution < 1.29 is 4.79 Å². The summed E-state index contributed by atoms with van der Waals surface area (Å²) < 4.78 is 0. The second-order valence-corrected chi connectivity index (χ2v) is 2.55. The normalized spacial score (nSPS) is 13.2. The number of carbonyl (C=O) groups excluding carboxylic acids is 1. The second-order valence-electron chi connectivity index (χ2n) is 2.55. The van der Waals surface area contributed by atoms with Crippen LogP contribution in [0.5, 0.6) is 0 Å². The summed E-state index contributed by atoms with van der Waals surface area (Å²) in [5.41, 5.74) is 7.27. The predicted molar refractivity (Wildman–Crippen MR) is 45.4 cm³/mol. The van der Waals surface area contributed by atoms with E-state index < -0.39 is 5.91 Å². The molecule has 1 aromatic rings. The highest BCUT2D eigenvalue weighted by molar-refractivity contribution is 6.21. The third kappa shape index (κ3) is 0.871. The molecule has 0 atom stereocenters. The SMILES string of the molecule is NC(=O)C1=C[N]c2ccccc21. The molecule has 0 saturated carbocycles. The van der Waals surface area contributed by atoms with Crippen molar-refractivity contribution >= 4 is 17.2 Å². The van der Waals surface area contributed by atoms with E-state index in [1.54, 1.807) is 0 Å². The second kappa shape index (κ2) is 2.37. The lowest BCUT2D eigenvalue weighted by molar-refractivity contribution is -0.112. The molecular weight excluding hydrogens is 152 g/mol. The summed E-state index contributed by atoms with van der Waals surface area (Å²) in [6.45, 7) is 0. The van der Waals surface area contributed by atoms with Crippen LogP contribution in [0.25, 0.3) is 5.57 Å². The maximum Gasteiger partial charge on any atom is 0.250 e. The van der Waals surface area contributed by atoms with Crippen LogP contribution in [0, 0.1) is 0 Å². The van der Waals surface area contributed by atoms with Crippen molar-refractivity contribution in [3.8, 4) is 0 Å². The summed E-state index contributed by atoms with van der Waals surface area (Å²) in [6, 6.07) is 7.42. The van der Waals surface area contributed by atoms with Gasteiger partial charge >= 0.3 is 0 Å². The summed E-state index contributed by atoms with van der Waals surface area (Å²) in [4.78, 5) is 10.9. The smallest absolute Gasteiger partial charge is 0.250 e. The van der Waals surface area contributed by atoms with E-state index in [1.807, 2.05) is 24.3 Å². The molecule has 1 heterocycles. The van der Waals surface area contributed by atoms with E-state index in [1.165, 1.54) is 6.20 Å². The van der Waals surface area contributed by atoms with Crippen molar-refractivity contribution in [3.05, 3.63) is 36.0 Å². The number of carbonyl (C=O) groups is 1. The monoisotopic (exact) mass is 159 g/mol. The van der Waals surface area contributed by atoms with Crippen molar-refractivity contribution in [3.63, 3.8) is 0 Å². The fourth-order valence-electron chi connectivity index (χ4n) is 1.21. The van der Waals surface area contributed by atoms with E-state index in [-0.39, 0.29) is 0 Å². The van der Waals surface area contributed by atoms with Crippen LogP contribution in [0.15, 0.2) is 30.5 Å². The number of hydrogen-bond donors (Lipinski definition) is 1. The van der Waals surface area contributed by atoms with Gasteiger partial charge < -0.3 is 5.73 Å². The van der Waals surface area contributed by atoms with Crippen LogP contribution in [0.3, 0.4) is 0 Å². The zero-order chi connectivity index (χ0) is 8.55. The van der Waals surface area contributed by atoms with Crippen molar-refractivity contribution in [2.75, 3.05) is 0 Å². The first-order chi connectivity index (χ1) is 5.79. The van der Waals surface area contributed by atoms with Crippen molar-refractivity contribution in [2.24, 2.45) is 5.73 Å². The van der Waals surface area contributed by atoms with Crippen LogP contribution < -0.4 is 11.1 Å². The van der Waals surface area contributed by atoms with Crippen LogP contribution in [-0.4, -0.2) is 5.91 Å². The molecule has 0 fully saturated rings. The molecule has 1 aliphatic rings. The molecular formula is C9H7N2O. The van der Waals surface area contributed by atoms with Crippen LogP contribution >= 0.6 is 0 Å². The summed E-state index contributed by atoms with van der Waals surface area (Å²) >= 11 is 0. The lowest BCUT2D eigenvalue weighted by Gasteiger charge is -1.97. The standard InChI is InChI=1S/C9H7N2O/c10-9(12)7-5-11-8-4-2-1-3-6(7)8/h1-5H,(H2,10,12). The Kier molecular flexibility index (Phi) is 1.37. The quantitative estimate of drug-likeness (QED) is 0.646. The average molecular weight is 159 g/mol. The summed E-state index contributed by atoms with van der Waals surface area (Å²) in [7, 11) is 0. The molecule has 0 aliphatic carbocycles. The van der Waals surface area contributed by atoms with Crippen molar-refractivity contribution in [1.29, 1.82) is 0 Å². The highest BCUT2D eigenvalue weighted by Crippen LogP contribution is 2.28. The molecule has 1 radical (unpaired) electrons. The van der Waals surface area contributed by atoms with Gasteiger partial charge in [-0.25, -0.2) is 0 Å². The summed E-state index contributed by atoms with van der Waals surface area (Å²) in [5.74, 6) is -0.427. The van der Waals surface area contributed by atoms with Gasteiger partial charge in [0.05, 0.1) is 11.3 Å². The van der Waals surface area contributed by atoms with Gasteiger partial charge in [-0.05, 0) is 6.07 Å². The molecule has 2 rings (SSSR count). The molecule has 3 nitrogen and oxygen atoms in total. The maximum absolute atomic E-state index is 10.9. The number of fused-ring (bicyclic) bond motifs is 1. The average Bonchev–Trinajstić information content (AvgIpc) is 2.47. The number of para-hydroxylation sites is 1. The molecule has 0 spiro atoms. The summed E-state index contributed by atoms with van der Waals surface area (Å²) in [5, 5.41) is 4.04. The minimum atomic E-state index is -0.427. The number of amides is 1. The Bertz CT molecular complexity index is 369. The Morgan fingerprint density at radius 2 is 2.08 bits per heavy atom. The van der Waals surface area contributed by atoms with Crippen LogP contribution in [0.1, 0.15) is 5.56 Å². The molecule has 12 heavy (non-hydrogen) atoms. The minimum absolute atomic E-state index is 0.427. The number of rotatable bonds is 1. The number of nitrogens with two attached hydrogens (primary N) is 1. The number of primary amides is 1. The minimum Gasteiger partial charge on any atom is -0.366 e. The maximum atomic E-state index is 10.9. The molecule has 3 heteroatoms. The van der Waals surface area contributed by atoms with Crippen LogP contribution in [-0.2, 0) is 4.79 Å². The first-order valence-corrected chi connectivity index (χ1v) is 3.59. The third-order valence-corrected chi connectivity index (χ3v) is 1.79. The van der Waals surface area contributed by atoms with Gasteiger partial charge in [0.1, 0.15) is 0 Å². The topological polar surface area (TPSA) is 57.2 Å². The lowest BCUT2D eigenvalue weighted by atomic mass is 10.1. The fourth-order valence-corrected chi connectivity index (χ4v) is 1.21. The number of benzene rings is 1. The Hall–Kier alpha value is -1.77.